The van der Waals surface area contributed by atoms with Gasteiger partial charge in [-0.3, -0.25) is 4.79 Å². The highest BCUT2D eigenvalue weighted by atomic mass is 16.5. The van der Waals surface area contributed by atoms with Gasteiger partial charge in [0.05, 0.1) is 16.5 Å². The maximum atomic E-state index is 12.6. The number of hydrogen-bond acceptors (Lipinski definition) is 5. The summed E-state index contributed by atoms with van der Waals surface area (Å²) in [4.78, 5) is 31.9. The first kappa shape index (κ1) is 19.4. The molecule has 4 aromatic rings. The van der Waals surface area contributed by atoms with E-state index in [-0.39, 0.29) is 5.56 Å². The minimum atomic E-state index is -0.719. The number of esters is 1. The van der Waals surface area contributed by atoms with Gasteiger partial charge in [-0.1, -0.05) is 48.5 Å². The fourth-order valence-corrected chi connectivity index (χ4v) is 3.04. The summed E-state index contributed by atoms with van der Waals surface area (Å²) in [6, 6.07) is 23.6. The molecule has 0 saturated heterocycles. The summed E-state index contributed by atoms with van der Waals surface area (Å²) in [6.07, 6.45) is -0.719. The molecule has 0 aliphatic rings. The zero-order valence-electron chi connectivity index (χ0n) is 16.4. The predicted octanol–water partition coefficient (Wildman–Crippen LogP) is 4.42. The molecule has 0 aliphatic heterocycles. The molecule has 0 amide bonds. The number of rotatable bonds is 6. The van der Waals surface area contributed by atoms with E-state index < -0.39 is 12.1 Å². The van der Waals surface area contributed by atoms with E-state index in [2.05, 4.69) is 9.97 Å². The summed E-state index contributed by atoms with van der Waals surface area (Å²) >= 11 is 0. The summed E-state index contributed by atoms with van der Waals surface area (Å²) in [5, 5.41) is 0.489. The highest BCUT2D eigenvalue weighted by Gasteiger charge is 2.17. The molecule has 3 aromatic carbocycles. The first-order valence-corrected chi connectivity index (χ1v) is 9.57. The lowest BCUT2D eigenvalue weighted by Gasteiger charge is -2.14. The molecule has 0 saturated carbocycles. The second-order valence-corrected chi connectivity index (χ2v) is 6.82. The zero-order valence-corrected chi connectivity index (χ0v) is 16.4. The highest BCUT2D eigenvalue weighted by molar-refractivity contribution is 5.90. The maximum Gasteiger partial charge on any atom is 0.338 e. The van der Waals surface area contributed by atoms with Crippen molar-refractivity contribution in [2.24, 2.45) is 0 Å². The zero-order chi connectivity index (χ0) is 20.9. The summed E-state index contributed by atoms with van der Waals surface area (Å²) < 4.78 is 11.3. The van der Waals surface area contributed by atoms with E-state index in [4.69, 9.17) is 9.47 Å². The molecule has 1 atom stereocenters. The van der Waals surface area contributed by atoms with Crippen LogP contribution in [0.3, 0.4) is 0 Å². The number of benzene rings is 3. The molecule has 150 valence electrons. The smallest absolute Gasteiger partial charge is 0.338 e. The van der Waals surface area contributed by atoms with Crippen molar-refractivity contribution in [3.63, 3.8) is 0 Å². The Hall–Kier alpha value is -3.93. The quantitative estimate of drug-likeness (QED) is 0.485. The average molecular weight is 400 g/mol. The minimum Gasteiger partial charge on any atom is -0.489 e. The van der Waals surface area contributed by atoms with Crippen molar-refractivity contribution < 1.29 is 14.3 Å². The Balaban J connectivity index is 1.46. The van der Waals surface area contributed by atoms with Crippen molar-refractivity contribution in [2.75, 3.05) is 0 Å². The number of H-pyrrole nitrogens is 1. The molecule has 0 bridgehead atoms. The van der Waals surface area contributed by atoms with Crippen LogP contribution >= 0.6 is 0 Å². The van der Waals surface area contributed by atoms with Gasteiger partial charge < -0.3 is 14.5 Å². The molecule has 4 rings (SSSR count). The summed E-state index contributed by atoms with van der Waals surface area (Å²) in [5.41, 5.74) is 1.67. The van der Waals surface area contributed by atoms with Crippen molar-refractivity contribution in [1.82, 2.24) is 9.97 Å². The molecule has 0 spiro atoms. The Morgan fingerprint density at radius 1 is 1.00 bits per heavy atom. The lowest BCUT2D eigenvalue weighted by atomic mass is 10.2. The molecule has 0 aliphatic carbocycles. The fraction of sp³-hybridized carbons (Fsp3) is 0.125. The number of nitrogens with zero attached hydrogens (tertiary/aromatic N) is 1. The van der Waals surface area contributed by atoms with Gasteiger partial charge in [-0.2, -0.15) is 0 Å². The van der Waals surface area contributed by atoms with Crippen LogP contribution in [0.2, 0.25) is 0 Å². The largest absolute Gasteiger partial charge is 0.489 e. The van der Waals surface area contributed by atoms with Crippen LogP contribution in [0.25, 0.3) is 10.9 Å². The lowest BCUT2D eigenvalue weighted by Crippen LogP contribution is -2.17. The van der Waals surface area contributed by atoms with E-state index in [9.17, 15) is 9.59 Å². The number of aromatic amines is 1. The molecular weight excluding hydrogens is 380 g/mol. The van der Waals surface area contributed by atoms with Gasteiger partial charge in [-0.05, 0) is 42.8 Å². The van der Waals surface area contributed by atoms with Gasteiger partial charge in [-0.25, -0.2) is 9.78 Å². The second-order valence-electron chi connectivity index (χ2n) is 6.82. The van der Waals surface area contributed by atoms with Crippen molar-refractivity contribution in [2.45, 2.75) is 19.6 Å². The Bertz CT molecular complexity index is 1230. The predicted molar refractivity (Wildman–Crippen MR) is 113 cm³/mol. The van der Waals surface area contributed by atoms with Gasteiger partial charge in [0.25, 0.3) is 5.56 Å². The number of aromatic nitrogens is 2. The molecule has 0 fully saturated rings. The molecule has 1 heterocycles. The third-order valence-electron chi connectivity index (χ3n) is 4.62. The second kappa shape index (κ2) is 8.61. The van der Waals surface area contributed by atoms with E-state index >= 15 is 0 Å². The number of carbonyl (C=O) groups is 1. The van der Waals surface area contributed by atoms with Crippen LogP contribution in [0.1, 0.15) is 34.8 Å². The molecular formula is C24H20N2O4. The van der Waals surface area contributed by atoms with E-state index in [1.54, 1.807) is 55.5 Å². The van der Waals surface area contributed by atoms with E-state index in [0.717, 1.165) is 5.56 Å². The van der Waals surface area contributed by atoms with Crippen LogP contribution in [0.15, 0.2) is 83.7 Å². The lowest BCUT2D eigenvalue weighted by molar-refractivity contribution is 0.0319. The Morgan fingerprint density at radius 3 is 2.60 bits per heavy atom. The van der Waals surface area contributed by atoms with Crippen LogP contribution in [0.4, 0.5) is 0 Å². The van der Waals surface area contributed by atoms with Gasteiger partial charge in [-0.15, -0.1) is 0 Å². The number of ether oxygens (including phenoxy) is 2. The third kappa shape index (κ3) is 4.38. The van der Waals surface area contributed by atoms with Crippen molar-refractivity contribution >= 4 is 16.9 Å². The monoisotopic (exact) mass is 400 g/mol. The van der Waals surface area contributed by atoms with Gasteiger partial charge in [0.2, 0.25) is 0 Å². The van der Waals surface area contributed by atoms with E-state index in [1.165, 1.54) is 0 Å². The van der Waals surface area contributed by atoms with Gasteiger partial charge in [0.1, 0.15) is 12.4 Å². The Morgan fingerprint density at radius 2 is 1.77 bits per heavy atom. The van der Waals surface area contributed by atoms with Crippen LogP contribution in [0, 0.1) is 0 Å². The van der Waals surface area contributed by atoms with E-state index in [1.807, 2.05) is 30.3 Å². The van der Waals surface area contributed by atoms with Gasteiger partial charge in [0, 0.05) is 0 Å². The molecule has 30 heavy (non-hydrogen) atoms. The fourth-order valence-electron chi connectivity index (χ4n) is 3.04. The number of fused-ring (bicyclic) bond motifs is 1. The van der Waals surface area contributed by atoms with Gasteiger partial charge >= 0.3 is 5.97 Å². The topological polar surface area (TPSA) is 81.3 Å². The van der Waals surface area contributed by atoms with Crippen molar-refractivity contribution in [3.05, 3.63) is 106 Å². The number of hydrogen-bond donors (Lipinski definition) is 1. The van der Waals surface area contributed by atoms with Gasteiger partial charge in [0.15, 0.2) is 11.9 Å². The molecule has 6 heteroatoms. The first-order valence-electron chi connectivity index (χ1n) is 9.57. The normalized spacial score (nSPS) is 11.8. The molecule has 0 radical (unpaired) electrons. The van der Waals surface area contributed by atoms with Crippen LogP contribution in [-0.4, -0.2) is 15.9 Å². The van der Waals surface area contributed by atoms with Crippen molar-refractivity contribution in [1.29, 1.82) is 0 Å². The summed E-state index contributed by atoms with van der Waals surface area (Å²) in [5.74, 6) is 0.338. The number of carbonyl (C=O) groups excluding carboxylic acids is 1. The van der Waals surface area contributed by atoms with Crippen molar-refractivity contribution in [3.8, 4) is 5.75 Å². The van der Waals surface area contributed by atoms with Crippen LogP contribution in [0.5, 0.6) is 5.75 Å². The number of para-hydroxylation sites is 1. The summed E-state index contributed by atoms with van der Waals surface area (Å²) in [7, 11) is 0. The summed E-state index contributed by atoms with van der Waals surface area (Å²) in [6.45, 7) is 2.07. The SMILES string of the molecule is C[C@@H](OC(=O)c1cccc(OCc2ccccc2)c1)c1nc2ccccc2c(=O)[nH]1. The molecule has 1 aromatic heterocycles. The molecule has 6 nitrogen and oxygen atoms in total. The average Bonchev–Trinajstić information content (AvgIpc) is 2.78. The Kier molecular flexibility index (Phi) is 5.57. The standard InChI is InChI=1S/C24H20N2O4/c1-16(22-25-21-13-6-5-12-20(21)23(27)26-22)30-24(28)18-10-7-11-19(14-18)29-15-17-8-3-2-4-9-17/h2-14,16H,15H2,1H3,(H,25,26,27)/t16-/m1/s1. The maximum absolute atomic E-state index is 12.6. The minimum absolute atomic E-state index is 0.269. The number of nitrogens with one attached hydrogen (secondary N) is 1. The Labute approximate surface area is 173 Å². The first-order chi connectivity index (χ1) is 14.6. The van der Waals surface area contributed by atoms with Crippen LogP contribution < -0.4 is 10.3 Å². The van der Waals surface area contributed by atoms with Crippen LogP contribution in [-0.2, 0) is 11.3 Å². The molecule has 1 N–H and O–H groups in total. The third-order valence-corrected chi connectivity index (χ3v) is 4.62. The highest BCUT2D eigenvalue weighted by Crippen LogP contribution is 2.20. The molecule has 0 unspecified atom stereocenters. The van der Waals surface area contributed by atoms with E-state index in [0.29, 0.717) is 34.6 Å².